The average molecular weight is 296 g/mol. The summed E-state index contributed by atoms with van der Waals surface area (Å²) in [6, 6.07) is 5.35. The molecule has 0 spiro atoms. The van der Waals surface area contributed by atoms with Gasteiger partial charge >= 0.3 is 11.9 Å². The predicted octanol–water partition coefficient (Wildman–Crippen LogP) is 1.59. The zero-order valence-electron chi connectivity index (χ0n) is 12.0. The van der Waals surface area contributed by atoms with Gasteiger partial charge < -0.3 is 21.2 Å². The van der Waals surface area contributed by atoms with Gasteiger partial charge in [-0.05, 0) is 24.5 Å². The van der Waals surface area contributed by atoms with Crippen LogP contribution in [0.15, 0.2) is 23.4 Å². The monoisotopic (exact) mass is 296 g/mol. The normalized spacial score (nSPS) is 10.5. The topological polar surface area (TPSA) is 133 Å². The number of amidine groups is 1. The molecule has 0 fully saturated rings. The highest BCUT2D eigenvalue weighted by atomic mass is 16.4. The number of aryl methyl sites for hydroxylation is 2. The second-order valence-corrected chi connectivity index (χ2v) is 4.28. The van der Waals surface area contributed by atoms with E-state index in [0.717, 1.165) is 11.1 Å². The Bertz CT molecular complexity index is 526. The molecule has 21 heavy (non-hydrogen) atoms. The molecule has 0 aliphatic carbocycles. The van der Waals surface area contributed by atoms with Gasteiger partial charge in [-0.3, -0.25) is 9.59 Å². The summed E-state index contributed by atoms with van der Waals surface area (Å²) in [5.41, 5.74) is 7.91. The third kappa shape index (κ3) is 7.56. The van der Waals surface area contributed by atoms with E-state index in [9.17, 15) is 9.59 Å². The molecule has 7 nitrogen and oxygen atoms in total. The number of rotatable bonds is 5. The van der Waals surface area contributed by atoms with E-state index in [1.807, 2.05) is 13.0 Å². The van der Waals surface area contributed by atoms with Gasteiger partial charge in [-0.1, -0.05) is 30.3 Å². The Hall–Kier alpha value is -2.57. The number of benzene rings is 1. The molecule has 1 rings (SSSR count). The molecule has 0 saturated heterocycles. The van der Waals surface area contributed by atoms with Crippen molar-refractivity contribution in [2.24, 2.45) is 10.9 Å². The maximum absolute atomic E-state index is 10.4. The molecule has 0 aromatic heterocycles. The standard InChI is InChI=1S/C11H14N2O3.C3H6O2/c1-7-6-8(3-5-10(14)15)2-4-9(7)11(12)13-16;1-2-3(4)5/h2,4,6,16H,3,5H2,1H3,(H2,12,13)(H,14,15);2H2,1H3,(H,4,5). The van der Waals surface area contributed by atoms with Crippen molar-refractivity contribution in [3.05, 3.63) is 34.9 Å². The molecule has 0 heterocycles. The molecule has 5 N–H and O–H groups in total. The van der Waals surface area contributed by atoms with E-state index in [1.54, 1.807) is 19.1 Å². The molecule has 0 aliphatic rings. The average Bonchev–Trinajstić information content (AvgIpc) is 2.45. The lowest BCUT2D eigenvalue weighted by atomic mass is 10.0. The minimum Gasteiger partial charge on any atom is -0.481 e. The molecular weight excluding hydrogens is 276 g/mol. The van der Waals surface area contributed by atoms with Gasteiger partial charge in [0.15, 0.2) is 5.84 Å². The summed E-state index contributed by atoms with van der Waals surface area (Å²) >= 11 is 0. The number of carboxylic acid groups (broad SMARTS) is 2. The summed E-state index contributed by atoms with van der Waals surface area (Å²) in [6.07, 6.45) is 0.801. The van der Waals surface area contributed by atoms with Crippen molar-refractivity contribution in [1.82, 2.24) is 0 Å². The first-order chi connectivity index (χ1) is 9.81. The van der Waals surface area contributed by atoms with E-state index in [-0.39, 0.29) is 18.7 Å². The number of hydrogen-bond donors (Lipinski definition) is 4. The Labute approximate surface area is 122 Å². The number of carbonyl (C=O) groups is 2. The first kappa shape index (κ1) is 18.4. The third-order valence-corrected chi connectivity index (χ3v) is 2.60. The predicted molar refractivity (Wildman–Crippen MR) is 77.6 cm³/mol. The molecule has 0 amide bonds. The number of carboxylic acids is 2. The molecular formula is C14H20N2O5. The summed E-state index contributed by atoms with van der Waals surface area (Å²) in [7, 11) is 0. The van der Waals surface area contributed by atoms with Crippen molar-refractivity contribution < 1.29 is 25.0 Å². The van der Waals surface area contributed by atoms with Gasteiger partial charge in [0.2, 0.25) is 0 Å². The minimum atomic E-state index is -0.821. The van der Waals surface area contributed by atoms with E-state index in [1.165, 1.54) is 0 Å². The quantitative estimate of drug-likeness (QED) is 0.282. The van der Waals surface area contributed by atoms with E-state index < -0.39 is 11.9 Å². The molecule has 0 saturated carbocycles. The highest BCUT2D eigenvalue weighted by Gasteiger charge is 2.05. The van der Waals surface area contributed by atoms with Gasteiger partial charge in [0.25, 0.3) is 0 Å². The van der Waals surface area contributed by atoms with E-state index >= 15 is 0 Å². The number of oxime groups is 1. The largest absolute Gasteiger partial charge is 0.481 e. The molecule has 1 aromatic carbocycles. The molecule has 0 radical (unpaired) electrons. The fraction of sp³-hybridized carbons (Fsp3) is 0.357. The lowest BCUT2D eigenvalue weighted by Gasteiger charge is -2.06. The van der Waals surface area contributed by atoms with Crippen LogP contribution in [-0.2, 0) is 16.0 Å². The van der Waals surface area contributed by atoms with Crippen molar-refractivity contribution in [2.45, 2.75) is 33.1 Å². The van der Waals surface area contributed by atoms with Crippen molar-refractivity contribution in [3.63, 3.8) is 0 Å². The number of aliphatic carboxylic acids is 2. The Balaban J connectivity index is 0.000000690. The summed E-state index contributed by atoms with van der Waals surface area (Å²) in [5.74, 6) is -1.51. The lowest BCUT2D eigenvalue weighted by Crippen LogP contribution is -2.14. The van der Waals surface area contributed by atoms with Crippen molar-refractivity contribution in [3.8, 4) is 0 Å². The van der Waals surface area contributed by atoms with Gasteiger partial charge in [-0.25, -0.2) is 0 Å². The van der Waals surface area contributed by atoms with Crippen LogP contribution in [0.1, 0.15) is 36.5 Å². The zero-order valence-corrected chi connectivity index (χ0v) is 12.0. The first-order valence-electron chi connectivity index (χ1n) is 6.32. The van der Waals surface area contributed by atoms with Gasteiger partial charge in [0.05, 0.1) is 0 Å². The van der Waals surface area contributed by atoms with Crippen LogP contribution in [0.5, 0.6) is 0 Å². The van der Waals surface area contributed by atoms with E-state index in [2.05, 4.69) is 5.16 Å². The van der Waals surface area contributed by atoms with Crippen molar-refractivity contribution in [1.29, 1.82) is 0 Å². The van der Waals surface area contributed by atoms with Crippen LogP contribution in [-0.4, -0.2) is 33.2 Å². The van der Waals surface area contributed by atoms with Crippen LogP contribution in [0.2, 0.25) is 0 Å². The Morgan fingerprint density at radius 2 is 1.81 bits per heavy atom. The molecule has 0 unspecified atom stereocenters. The lowest BCUT2D eigenvalue weighted by molar-refractivity contribution is -0.137. The van der Waals surface area contributed by atoms with E-state index in [0.29, 0.717) is 12.0 Å². The number of nitrogens with two attached hydrogens (primary N) is 1. The maximum Gasteiger partial charge on any atom is 0.303 e. The van der Waals surface area contributed by atoms with Gasteiger partial charge in [0.1, 0.15) is 0 Å². The highest BCUT2D eigenvalue weighted by Crippen LogP contribution is 2.12. The summed E-state index contributed by atoms with van der Waals surface area (Å²) in [6.45, 7) is 3.43. The molecule has 0 bridgehead atoms. The SMILES string of the molecule is CCC(=O)O.Cc1cc(CCC(=O)O)ccc1C(N)=NO. The first-order valence-corrected chi connectivity index (χ1v) is 6.32. The number of hydrogen-bond acceptors (Lipinski definition) is 4. The molecule has 0 atom stereocenters. The smallest absolute Gasteiger partial charge is 0.303 e. The minimum absolute atomic E-state index is 0.0577. The van der Waals surface area contributed by atoms with Crippen molar-refractivity contribution >= 4 is 17.8 Å². The van der Waals surface area contributed by atoms with Crippen LogP contribution < -0.4 is 5.73 Å². The summed E-state index contributed by atoms with van der Waals surface area (Å²) < 4.78 is 0. The second kappa shape index (κ2) is 9.35. The molecule has 7 heteroatoms. The Kier molecular flexibility index (Phi) is 8.21. The van der Waals surface area contributed by atoms with Crippen LogP contribution >= 0.6 is 0 Å². The van der Waals surface area contributed by atoms with E-state index in [4.69, 9.17) is 21.2 Å². The number of nitrogens with zero attached hydrogens (tertiary/aromatic N) is 1. The third-order valence-electron chi connectivity index (χ3n) is 2.60. The Morgan fingerprint density at radius 1 is 1.24 bits per heavy atom. The van der Waals surface area contributed by atoms with Gasteiger partial charge in [-0.15, -0.1) is 0 Å². The van der Waals surface area contributed by atoms with Crippen LogP contribution in [0, 0.1) is 6.92 Å². The van der Waals surface area contributed by atoms with Crippen molar-refractivity contribution in [2.75, 3.05) is 0 Å². The zero-order chi connectivity index (χ0) is 16.4. The summed E-state index contributed by atoms with van der Waals surface area (Å²) in [4.78, 5) is 19.8. The van der Waals surface area contributed by atoms with Gasteiger partial charge in [0, 0.05) is 18.4 Å². The second-order valence-electron chi connectivity index (χ2n) is 4.28. The van der Waals surface area contributed by atoms with Crippen LogP contribution in [0.25, 0.3) is 0 Å². The fourth-order valence-electron chi connectivity index (χ4n) is 1.47. The summed E-state index contributed by atoms with van der Waals surface area (Å²) in [5, 5.41) is 27.7. The van der Waals surface area contributed by atoms with Gasteiger partial charge in [-0.2, -0.15) is 0 Å². The molecule has 1 aromatic rings. The molecule has 0 aliphatic heterocycles. The maximum atomic E-state index is 10.4. The molecule has 116 valence electrons. The Morgan fingerprint density at radius 3 is 2.19 bits per heavy atom. The van der Waals surface area contributed by atoms with Crippen LogP contribution in [0.3, 0.4) is 0 Å². The van der Waals surface area contributed by atoms with Crippen LogP contribution in [0.4, 0.5) is 0 Å². The highest BCUT2D eigenvalue weighted by molar-refractivity contribution is 5.98. The fourth-order valence-corrected chi connectivity index (χ4v) is 1.47.